The molecule has 0 bridgehead atoms. The molecule has 0 heterocycles. The first-order valence-electron chi connectivity index (χ1n) is 10.5. The van der Waals surface area contributed by atoms with Crippen LogP contribution in [0.3, 0.4) is 0 Å². The van der Waals surface area contributed by atoms with Gasteiger partial charge in [0.25, 0.3) is 0 Å². The van der Waals surface area contributed by atoms with Crippen LogP contribution in [0.5, 0.6) is 5.75 Å². The Morgan fingerprint density at radius 3 is 2.42 bits per heavy atom. The Balaban J connectivity index is 1.84. The van der Waals surface area contributed by atoms with Crippen molar-refractivity contribution in [1.29, 1.82) is 0 Å². The fourth-order valence-electron chi connectivity index (χ4n) is 2.93. The number of ether oxygens (including phenoxy) is 3. The standard InChI is InChI=1S/C24H28INO7/c1-3-16(2)21(26-24(30)33-15-17-7-5-4-6-8-17)23(29)32-12-11-31-19-9-10-20(22(27)28)18(13-19)14-25/h4-10,13,16,21H,3,11-12,14-15H2,1-2H3,(H,26,30)(H,27,28)/t16-,21-/m0/s1. The van der Waals surface area contributed by atoms with E-state index in [4.69, 9.17) is 14.2 Å². The van der Waals surface area contributed by atoms with Crippen molar-refractivity contribution in [3.63, 3.8) is 0 Å². The highest BCUT2D eigenvalue weighted by Gasteiger charge is 2.28. The minimum Gasteiger partial charge on any atom is -0.490 e. The fourth-order valence-corrected chi connectivity index (χ4v) is 3.56. The summed E-state index contributed by atoms with van der Waals surface area (Å²) < 4.78 is 16.6. The van der Waals surface area contributed by atoms with Crippen LogP contribution in [0.4, 0.5) is 4.79 Å². The van der Waals surface area contributed by atoms with E-state index >= 15 is 0 Å². The molecule has 1 amide bonds. The highest BCUT2D eigenvalue weighted by Crippen LogP contribution is 2.20. The highest BCUT2D eigenvalue weighted by atomic mass is 127. The lowest BCUT2D eigenvalue weighted by Gasteiger charge is -2.22. The Labute approximate surface area is 206 Å². The van der Waals surface area contributed by atoms with Crippen molar-refractivity contribution in [2.45, 2.75) is 37.3 Å². The summed E-state index contributed by atoms with van der Waals surface area (Å²) in [5, 5.41) is 11.8. The third-order valence-electron chi connectivity index (χ3n) is 5.00. The monoisotopic (exact) mass is 569 g/mol. The third kappa shape index (κ3) is 8.56. The number of carboxylic acids is 1. The molecule has 0 spiro atoms. The molecular weight excluding hydrogens is 541 g/mol. The van der Waals surface area contributed by atoms with Crippen molar-refractivity contribution < 1.29 is 33.7 Å². The molecule has 0 unspecified atom stereocenters. The van der Waals surface area contributed by atoms with E-state index in [2.05, 4.69) is 27.9 Å². The van der Waals surface area contributed by atoms with Gasteiger partial charge >= 0.3 is 18.0 Å². The molecule has 9 heteroatoms. The van der Waals surface area contributed by atoms with E-state index in [1.54, 1.807) is 12.1 Å². The van der Waals surface area contributed by atoms with Gasteiger partial charge in [0.2, 0.25) is 0 Å². The van der Waals surface area contributed by atoms with E-state index in [-0.39, 0.29) is 31.3 Å². The van der Waals surface area contributed by atoms with E-state index in [0.29, 0.717) is 22.2 Å². The maximum Gasteiger partial charge on any atom is 0.408 e. The molecule has 0 radical (unpaired) electrons. The molecule has 0 aliphatic heterocycles. The van der Waals surface area contributed by atoms with Gasteiger partial charge in [0, 0.05) is 4.43 Å². The lowest BCUT2D eigenvalue weighted by atomic mass is 9.99. The smallest absolute Gasteiger partial charge is 0.408 e. The first kappa shape index (κ1) is 26.4. The van der Waals surface area contributed by atoms with Gasteiger partial charge in [0.15, 0.2) is 0 Å². The number of esters is 1. The molecule has 0 aliphatic rings. The molecule has 2 atom stereocenters. The first-order chi connectivity index (χ1) is 15.8. The molecule has 2 aromatic carbocycles. The number of carbonyl (C=O) groups is 3. The molecule has 2 rings (SSSR count). The summed E-state index contributed by atoms with van der Waals surface area (Å²) in [5.41, 5.74) is 1.71. The summed E-state index contributed by atoms with van der Waals surface area (Å²) >= 11 is 2.08. The number of hydrogen-bond acceptors (Lipinski definition) is 6. The van der Waals surface area contributed by atoms with Gasteiger partial charge in [0.05, 0.1) is 5.56 Å². The van der Waals surface area contributed by atoms with Crippen LogP contribution in [-0.2, 0) is 25.3 Å². The van der Waals surface area contributed by atoms with Crippen LogP contribution in [0.15, 0.2) is 48.5 Å². The Morgan fingerprint density at radius 2 is 1.79 bits per heavy atom. The van der Waals surface area contributed by atoms with E-state index in [1.165, 1.54) is 6.07 Å². The van der Waals surface area contributed by atoms with Crippen LogP contribution in [0.2, 0.25) is 0 Å². The number of amides is 1. The van der Waals surface area contributed by atoms with Gasteiger partial charge in [-0.05, 0) is 35.2 Å². The molecular formula is C24H28INO7. The van der Waals surface area contributed by atoms with Gasteiger partial charge in [-0.1, -0.05) is 73.2 Å². The van der Waals surface area contributed by atoms with Crippen LogP contribution in [0.25, 0.3) is 0 Å². The largest absolute Gasteiger partial charge is 0.490 e. The van der Waals surface area contributed by atoms with Gasteiger partial charge in [-0.2, -0.15) is 0 Å². The van der Waals surface area contributed by atoms with Crippen LogP contribution >= 0.6 is 22.6 Å². The van der Waals surface area contributed by atoms with Crippen molar-refractivity contribution in [3.8, 4) is 5.75 Å². The summed E-state index contributed by atoms with van der Waals surface area (Å²) in [5.74, 6) is -1.23. The van der Waals surface area contributed by atoms with Crippen LogP contribution in [0, 0.1) is 5.92 Å². The van der Waals surface area contributed by atoms with Gasteiger partial charge in [-0.15, -0.1) is 0 Å². The zero-order valence-electron chi connectivity index (χ0n) is 18.6. The summed E-state index contributed by atoms with van der Waals surface area (Å²) in [7, 11) is 0. The molecule has 0 aromatic heterocycles. The van der Waals surface area contributed by atoms with Gasteiger partial charge < -0.3 is 24.6 Å². The maximum atomic E-state index is 12.6. The van der Waals surface area contributed by atoms with Gasteiger partial charge in [0.1, 0.15) is 31.6 Å². The van der Waals surface area contributed by atoms with E-state index in [1.807, 2.05) is 44.2 Å². The first-order valence-corrected chi connectivity index (χ1v) is 12.1. The predicted molar refractivity (Wildman–Crippen MR) is 131 cm³/mol. The van der Waals surface area contributed by atoms with E-state index in [9.17, 15) is 19.5 Å². The fraction of sp³-hybridized carbons (Fsp3) is 0.375. The number of nitrogens with one attached hydrogen (secondary N) is 1. The molecule has 8 nitrogen and oxygen atoms in total. The minimum atomic E-state index is -0.993. The predicted octanol–water partition coefficient (Wildman–Crippen LogP) is 4.58. The average molecular weight is 569 g/mol. The molecule has 0 saturated heterocycles. The normalized spacial score (nSPS) is 12.3. The number of hydrogen-bond donors (Lipinski definition) is 2. The molecule has 0 aliphatic carbocycles. The number of carbonyl (C=O) groups excluding carboxylic acids is 2. The second-order valence-electron chi connectivity index (χ2n) is 7.34. The number of alkyl halides is 1. The van der Waals surface area contributed by atoms with Gasteiger partial charge in [-0.25, -0.2) is 14.4 Å². The Morgan fingerprint density at radius 1 is 1.06 bits per heavy atom. The van der Waals surface area contributed by atoms with Crippen molar-refractivity contribution in [1.82, 2.24) is 5.32 Å². The maximum absolute atomic E-state index is 12.6. The zero-order chi connectivity index (χ0) is 24.2. The summed E-state index contributed by atoms with van der Waals surface area (Å²) in [6.45, 7) is 3.92. The third-order valence-corrected chi connectivity index (χ3v) is 5.82. The summed E-state index contributed by atoms with van der Waals surface area (Å²) in [4.78, 5) is 36.0. The molecule has 0 saturated carbocycles. The van der Waals surface area contributed by atoms with Crippen molar-refractivity contribution >= 4 is 40.6 Å². The lowest BCUT2D eigenvalue weighted by Crippen LogP contribution is -2.46. The number of rotatable bonds is 12. The summed E-state index contributed by atoms with van der Waals surface area (Å²) in [6.07, 6.45) is -0.0354. The van der Waals surface area contributed by atoms with E-state index in [0.717, 1.165) is 5.56 Å². The number of carboxylic acid groups (broad SMARTS) is 1. The quantitative estimate of drug-likeness (QED) is 0.167. The zero-order valence-corrected chi connectivity index (χ0v) is 20.7. The Hall–Kier alpha value is -2.82. The Kier molecular flexibility index (Phi) is 10.9. The topological polar surface area (TPSA) is 111 Å². The van der Waals surface area contributed by atoms with Crippen molar-refractivity contribution in [3.05, 3.63) is 65.2 Å². The molecule has 0 fully saturated rings. The number of halogens is 1. The number of aromatic carboxylic acids is 1. The second-order valence-corrected chi connectivity index (χ2v) is 8.11. The molecule has 178 valence electrons. The summed E-state index contributed by atoms with van der Waals surface area (Å²) in [6, 6.07) is 13.1. The number of benzene rings is 2. The molecule has 2 N–H and O–H groups in total. The second kappa shape index (κ2) is 13.7. The number of alkyl carbamates (subject to hydrolysis) is 1. The van der Waals surface area contributed by atoms with Crippen LogP contribution in [-0.4, -0.2) is 42.4 Å². The van der Waals surface area contributed by atoms with Gasteiger partial charge in [-0.3, -0.25) is 0 Å². The van der Waals surface area contributed by atoms with Crippen LogP contribution in [0.1, 0.15) is 41.8 Å². The SMILES string of the molecule is CC[C@H](C)[C@H](NC(=O)OCc1ccccc1)C(=O)OCCOc1ccc(C(=O)O)c(CI)c1. The van der Waals surface area contributed by atoms with Crippen LogP contribution < -0.4 is 10.1 Å². The minimum absolute atomic E-state index is 0.0211. The lowest BCUT2D eigenvalue weighted by molar-refractivity contribution is -0.148. The van der Waals surface area contributed by atoms with Crippen molar-refractivity contribution in [2.75, 3.05) is 13.2 Å². The molecule has 33 heavy (non-hydrogen) atoms. The van der Waals surface area contributed by atoms with E-state index < -0.39 is 24.1 Å². The average Bonchev–Trinajstić information content (AvgIpc) is 2.83. The molecule has 2 aromatic rings. The van der Waals surface area contributed by atoms with Crippen molar-refractivity contribution in [2.24, 2.45) is 5.92 Å². The Bertz CT molecular complexity index is 936. The highest BCUT2D eigenvalue weighted by molar-refractivity contribution is 14.1.